The van der Waals surface area contributed by atoms with Crippen molar-refractivity contribution < 1.29 is 14.7 Å². The molecule has 0 bridgehead atoms. The van der Waals surface area contributed by atoms with Crippen LogP contribution in [0.4, 0.5) is 0 Å². The molecule has 0 spiro atoms. The lowest BCUT2D eigenvalue weighted by Crippen LogP contribution is -2.47. The van der Waals surface area contributed by atoms with Crippen LogP contribution in [0, 0.1) is 5.41 Å². The topological polar surface area (TPSA) is 57.6 Å². The van der Waals surface area contributed by atoms with E-state index in [1.807, 2.05) is 0 Å². The van der Waals surface area contributed by atoms with Crippen LogP contribution in [0.25, 0.3) is 0 Å². The van der Waals surface area contributed by atoms with Crippen LogP contribution in [-0.4, -0.2) is 34.5 Å². The van der Waals surface area contributed by atoms with E-state index >= 15 is 0 Å². The summed E-state index contributed by atoms with van der Waals surface area (Å²) >= 11 is 0. The van der Waals surface area contributed by atoms with E-state index in [1.165, 1.54) is 0 Å². The van der Waals surface area contributed by atoms with Crippen molar-refractivity contribution >= 4 is 11.9 Å². The molecule has 4 heteroatoms. The SMILES string of the molecule is CCC1(C(=O)N2CCC[C@H]2C(=O)O)CCCC1. The standard InChI is InChI=1S/C13H21NO3/c1-2-13(7-3-4-8-13)12(17)14-9-5-6-10(14)11(15)16/h10H,2-9H2,1H3,(H,15,16)/t10-/m0/s1. The van der Waals surface area contributed by atoms with E-state index in [9.17, 15) is 9.59 Å². The molecule has 1 atom stereocenters. The zero-order chi connectivity index (χ0) is 12.5. The summed E-state index contributed by atoms with van der Waals surface area (Å²) in [5, 5.41) is 9.14. The minimum Gasteiger partial charge on any atom is -0.480 e. The highest BCUT2D eigenvalue weighted by atomic mass is 16.4. The minimum absolute atomic E-state index is 0.0994. The Kier molecular flexibility index (Phi) is 3.40. The summed E-state index contributed by atoms with van der Waals surface area (Å²) in [7, 11) is 0. The number of carbonyl (C=O) groups excluding carboxylic acids is 1. The summed E-state index contributed by atoms with van der Waals surface area (Å²) in [4.78, 5) is 25.3. The molecule has 1 N–H and O–H groups in total. The van der Waals surface area contributed by atoms with Crippen molar-refractivity contribution in [1.82, 2.24) is 4.90 Å². The normalized spacial score (nSPS) is 27.4. The van der Waals surface area contributed by atoms with Gasteiger partial charge in [0.15, 0.2) is 0 Å². The quantitative estimate of drug-likeness (QED) is 0.819. The second kappa shape index (κ2) is 4.67. The van der Waals surface area contributed by atoms with Crippen molar-refractivity contribution in [2.75, 3.05) is 6.54 Å². The Balaban J connectivity index is 2.15. The zero-order valence-electron chi connectivity index (χ0n) is 10.4. The Morgan fingerprint density at radius 3 is 2.47 bits per heavy atom. The Morgan fingerprint density at radius 1 is 1.29 bits per heavy atom. The molecule has 2 aliphatic rings. The highest BCUT2D eigenvalue weighted by Crippen LogP contribution is 2.43. The number of hydrogen-bond donors (Lipinski definition) is 1. The number of amides is 1. The van der Waals surface area contributed by atoms with Crippen molar-refractivity contribution in [1.29, 1.82) is 0 Å². The fourth-order valence-corrected chi connectivity index (χ4v) is 3.34. The third-order valence-corrected chi connectivity index (χ3v) is 4.49. The number of carboxylic acid groups (broad SMARTS) is 1. The molecule has 1 saturated carbocycles. The summed E-state index contributed by atoms with van der Waals surface area (Å²) in [6.07, 6.45) is 6.35. The molecule has 1 heterocycles. The van der Waals surface area contributed by atoms with Gasteiger partial charge in [-0.2, -0.15) is 0 Å². The predicted octanol–water partition coefficient (Wildman–Crippen LogP) is 2.03. The van der Waals surface area contributed by atoms with E-state index in [2.05, 4.69) is 6.92 Å². The molecule has 96 valence electrons. The van der Waals surface area contributed by atoms with Gasteiger partial charge < -0.3 is 10.0 Å². The molecule has 0 aromatic carbocycles. The van der Waals surface area contributed by atoms with Crippen LogP contribution in [0.15, 0.2) is 0 Å². The van der Waals surface area contributed by atoms with Crippen LogP contribution in [0.5, 0.6) is 0 Å². The van der Waals surface area contributed by atoms with Gasteiger partial charge in [-0.25, -0.2) is 4.79 Å². The molecule has 0 unspecified atom stereocenters. The van der Waals surface area contributed by atoms with Gasteiger partial charge in [-0.3, -0.25) is 4.79 Å². The Morgan fingerprint density at radius 2 is 1.94 bits per heavy atom. The number of rotatable bonds is 3. The molecule has 1 amide bonds. The van der Waals surface area contributed by atoms with Gasteiger partial charge in [0.05, 0.1) is 0 Å². The molecule has 4 nitrogen and oxygen atoms in total. The number of aliphatic carboxylic acids is 1. The smallest absolute Gasteiger partial charge is 0.326 e. The molecular weight excluding hydrogens is 218 g/mol. The van der Waals surface area contributed by atoms with Crippen LogP contribution in [0.2, 0.25) is 0 Å². The third kappa shape index (κ3) is 2.05. The predicted molar refractivity (Wildman–Crippen MR) is 63.6 cm³/mol. The first-order valence-corrected chi connectivity index (χ1v) is 6.64. The fraction of sp³-hybridized carbons (Fsp3) is 0.846. The molecule has 0 aromatic heterocycles. The number of hydrogen-bond acceptors (Lipinski definition) is 2. The zero-order valence-corrected chi connectivity index (χ0v) is 10.4. The van der Waals surface area contributed by atoms with Gasteiger partial charge in [-0.15, -0.1) is 0 Å². The number of likely N-dealkylation sites (tertiary alicyclic amines) is 1. The maximum Gasteiger partial charge on any atom is 0.326 e. The Hall–Kier alpha value is -1.06. The molecule has 0 radical (unpaired) electrons. The maximum atomic E-state index is 12.6. The van der Waals surface area contributed by atoms with Crippen LogP contribution in [0.1, 0.15) is 51.9 Å². The van der Waals surface area contributed by atoms with E-state index in [0.29, 0.717) is 13.0 Å². The highest BCUT2D eigenvalue weighted by molar-refractivity contribution is 5.88. The van der Waals surface area contributed by atoms with E-state index in [4.69, 9.17) is 5.11 Å². The fourth-order valence-electron chi connectivity index (χ4n) is 3.34. The van der Waals surface area contributed by atoms with Crippen molar-refractivity contribution in [2.24, 2.45) is 5.41 Å². The lowest BCUT2D eigenvalue weighted by atomic mass is 9.81. The van der Waals surface area contributed by atoms with E-state index in [0.717, 1.165) is 38.5 Å². The molecular formula is C13H21NO3. The summed E-state index contributed by atoms with van der Waals surface area (Å²) in [5.74, 6) is -0.748. The summed E-state index contributed by atoms with van der Waals surface area (Å²) in [5.41, 5.74) is -0.252. The molecule has 1 saturated heterocycles. The third-order valence-electron chi connectivity index (χ3n) is 4.49. The van der Waals surface area contributed by atoms with Gasteiger partial charge in [0, 0.05) is 12.0 Å². The van der Waals surface area contributed by atoms with Crippen molar-refractivity contribution in [3.63, 3.8) is 0 Å². The maximum absolute atomic E-state index is 12.6. The average Bonchev–Trinajstić information content (AvgIpc) is 2.98. The van der Waals surface area contributed by atoms with Gasteiger partial charge in [0.1, 0.15) is 6.04 Å². The monoisotopic (exact) mass is 239 g/mol. The van der Waals surface area contributed by atoms with Gasteiger partial charge in [0.25, 0.3) is 0 Å². The lowest BCUT2D eigenvalue weighted by Gasteiger charge is -2.33. The summed E-state index contributed by atoms with van der Waals surface area (Å²) in [6, 6.07) is -0.577. The van der Waals surface area contributed by atoms with Gasteiger partial charge >= 0.3 is 5.97 Å². The number of carboxylic acids is 1. The number of nitrogens with zero attached hydrogens (tertiary/aromatic N) is 1. The van der Waals surface area contributed by atoms with E-state index in [-0.39, 0.29) is 11.3 Å². The molecule has 2 fully saturated rings. The number of carbonyl (C=O) groups is 2. The average molecular weight is 239 g/mol. The molecule has 17 heavy (non-hydrogen) atoms. The van der Waals surface area contributed by atoms with E-state index in [1.54, 1.807) is 4.90 Å². The second-order valence-electron chi connectivity index (χ2n) is 5.34. The minimum atomic E-state index is -0.847. The highest BCUT2D eigenvalue weighted by Gasteiger charge is 2.46. The first-order valence-electron chi connectivity index (χ1n) is 6.64. The van der Waals surface area contributed by atoms with E-state index < -0.39 is 12.0 Å². The first kappa shape index (κ1) is 12.4. The van der Waals surface area contributed by atoms with Crippen LogP contribution >= 0.6 is 0 Å². The largest absolute Gasteiger partial charge is 0.480 e. The summed E-state index contributed by atoms with van der Waals surface area (Å²) < 4.78 is 0. The van der Waals surface area contributed by atoms with Crippen molar-refractivity contribution in [3.8, 4) is 0 Å². The first-order chi connectivity index (χ1) is 8.10. The molecule has 1 aliphatic carbocycles. The summed E-state index contributed by atoms with van der Waals surface area (Å²) in [6.45, 7) is 2.67. The van der Waals surface area contributed by atoms with Crippen molar-refractivity contribution in [2.45, 2.75) is 57.9 Å². The molecule has 0 aromatic rings. The van der Waals surface area contributed by atoms with Crippen LogP contribution in [-0.2, 0) is 9.59 Å². The van der Waals surface area contributed by atoms with Gasteiger partial charge in [-0.05, 0) is 32.1 Å². The van der Waals surface area contributed by atoms with Crippen LogP contribution in [0.3, 0.4) is 0 Å². The van der Waals surface area contributed by atoms with Gasteiger partial charge in [0.2, 0.25) is 5.91 Å². The molecule has 2 rings (SSSR count). The lowest BCUT2D eigenvalue weighted by molar-refractivity contribution is -0.153. The van der Waals surface area contributed by atoms with Crippen LogP contribution < -0.4 is 0 Å². The molecule has 1 aliphatic heterocycles. The Bertz CT molecular complexity index is 321. The Labute approximate surface area is 102 Å². The van der Waals surface area contributed by atoms with Gasteiger partial charge in [-0.1, -0.05) is 19.8 Å². The second-order valence-corrected chi connectivity index (χ2v) is 5.34. The van der Waals surface area contributed by atoms with Crippen molar-refractivity contribution in [3.05, 3.63) is 0 Å².